The molecular weight excluding hydrogens is 293 g/mol. The molecule has 0 bridgehead atoms. The summed E-state index contributed by atoms with van der Waals surface area (Å²) in [5.74, 6) is -0.328. The van der Waals surface area contributed by atoms with Crippen LogP contribution >= 0.6 is 23.2 Å². The Morgan fingerprint density at radius 1 is 1.53 bits per heavy atom. The Kier molecular flexibility index (Phi) is 4.18. The number of halogens is 2. The van der Waals surface area contributed by atoms with Crippen molar-refractivity contribution in [3.05, 3.63) is 28.0 Å². The average Bonchev–Trinajstić information content (AvgIpc) is 2.80. The number of H-pyrrole nitrogens is 1. The van der Waals surface area contributed by atoms with Crippen molar-refractivity contribution in [2.45, 2.75) is 6.92 Å². The number of rotatable bonds is 4. The van der Waals surface area contributed by atoms with Gasteiger partial charge in [-0.15, -0.1) is 5.10 Å². The molecule has 0 saturated heterocycles. The number of nitrogens with zero attached hydrogens (tertiary/aromatic N) is 3. The van der Waals surface area contributed by atoms with Crippen LogP contribution in [-0.4, -0.2) is 32.7 Å². The van der Waals surface area contributed by atoms with Crippen molar-refractivity contribution in [2.24, 2.45) is 0 Å². The SMILES string of the molecule is CCOc1n[nH]c(NC(=O)c2cc(Cl)ncc2Cl)n1. The second-order valence-corrected chi connectivity index (χ2v) is 4.14. The molecule has 0 spiro atoms. The van der Waals surface area contributed by atoms with Crippen LogP contribution in [0.25, 0.3) is 0 Å². The first-order valence-corrected chi connectivity index (χ1v) is 6.03. The summed E-state index contributed by atoms with van der Waals surface area (Å²) in [7, 11) is 0. The quantitative estimate of drug-likeness (QED) is 0.844. The zero-order chi connectivity index (χ0) is 13.8. The van der Waals surface area contributed by atoms with Crippen molar-refractivity contribution in [1.82, 2.24) is 20.2 Å². The molecule has 0 radical (unpaired) electrons. The van der Waals surface area contributed by atoms with Gasteiger partial charge in [-0.25, -0.2) is 10.1 Å². The molecule has 2 aromatic heterocycles. The van der Waals surface area contributed by atoms with E-state index in [1.54, 1.807) is 6.92 Å². The van der Waals surface area contributed by atoms with Crippen molar-refractivity contribution >= 4 is 35.1 Å². The molecule has 1 amide bonds. The Bertz CT molecular complexity index is 601. The summed E-state index contributed by atoms with van der Waals surface area (Å²) in [6.45, 7) is 2.23. The Balaban J connectivity index is 2.13. The summed E-state index contributed by atoms with van der Waals surface area (Å²) in [6.07, 6.45) is 1.30. The van der Waals surface area contributed by atoms with Crippen molar-refractivity contribution < 1.29 is 9.53 Å². The monoisotopic (exact) mass is 301 g/mol. The minimum atomic E-state index is -0.478. The largest absolute Gasteiger partial charge is 0.463 e. The Morgan fingerprint density at radius 2 is 2.32 bits per heavy atom. The lowest BCUT2D eigenvalue weighted by Crippen LogP contribution is -2.13. The number of hydrogen-bond acceptors (Lipinski definition) is 5. The van der Waals surface area contributed by atoms with Gasteiger partial charge in [0.05, 0.1) is 17.2 Å². The molecular formula is C10H9Cl2N5O2. The zero-order valence-corrected chi connectivity index (χ0v) is 11.3. The maximum atomic E-state index is 11.9. The van der Waals surface area contributed by atoms with Gasteiger partial charge in [0.15, 0.2) is 0 Å². The van der Waals surface area contributed by atoms with Gasteiger partial charge in [0.1, 0.15) is 5.15 Å². The topological polar surface area (TPSA) is 92.8 Å². The number of aromatic amines is 1. The van der Waals surface area contributed by atoms with E-state index >= 15 is 0 Å². The van der Waals surface area contributed by atoms with E-state index in [1.807, 2.05) is 0 Å². The van der Waals surface area contributed by atoms with Crippen LogP contribution in [0.4, 0.5) is 5.95 Å². The maximum Gasteiger partial charge on any atom is 0.337 e. The Morgan fingerprint density at radius 3 is 3.05 bits per heavy atom. The predicted octanol–water partition coefficient (Wildman–Crippen LogP) is 2.16. The molecule has 19 heavy (non-hydrogen) atoms. The molecule has 0 atom stereocenters. The summed E-state index contributed by atoms with van der Waals surface area (Å²) in [5, 5.41) is 9.11. The van der Waals surface area contributed by atoms with Crippen molar-refractivity contribution in [3.63, 3.8) is 0 Å². The van der Waals surface area contributed by atoms with Gasteiger partial charge in [-0.05, 0) is 13.0 Å². The zero-order valence-electron chi connectivity index (χ0n) is 9.78. The van der Waals surface area contributed by atoms with Gasteiger partial charge < -0.3 is 4.74 Å². The third-order valence-electron chi connectivity index (χ3n) is 2.04. The van der Waals surface area contributed by atoms with Crippen molar-refractivity contribution in [1.29, 1.82) is 0 Å². The van der Waals surface area contributed by atoms with Gasteiger partial charge in [0, 0.05) is 6.20 Å². The highest BCUT2D eigenvalue weighted by atomic mass is 35.5. The summed E-state index contributed by atoms with van der Waals surface area (Å²) in [5.41, 5.74) is 0.191. The van der Waals surface area contributed by atoms with E-state index in [0.717, 1.165) is 0 Å². The number of nitrogens with one attached hydrogen (secondary N) is 2. The third kappa shape index (κ3) is 3.33. The highest BCUT2D eigenvalue weighted by Gasteiger charge is 2.14. The van der Waals surface area contributed by atoms with Gasteiger partial charge in [0.2, 0.25) is 5.95 Å². The molecule has 9 heteroatoms. The predicted molar refractivity (Wildman–Crippen MR) is 69.8 cm³/mol. The first-order valence-electron chi connectivity index (χ1n) is 5.27. The summed E-state index contributed by atoms with van der Waals surface area (Å²) in [4.78, 5) is 19.6. The van der Waals surface area contributed by atoms with E-state index < -0.39 is 5.91 Å². The number of ether oxygens (including phenoxy) is 1. The first-order chi connectivity index (χ1) is 9.10. The minimum Gasteiger partial charge on any atom is -0.463 e. The molecule has 2 N–H and O–H groups in total. The van der Waals surface area contributed by atoms with Crippen LogP contribution in [0.15, 0.2) is 12.3 Å². The molecule has 2 aromatic rings. The second-order valence-electron chi connectivity index (χ2n) is 3.34. The molecule has 0 saturated carbocycles. The lowest BCUT2D eigenvalue weighted by atomic mass is 10.2. The van der Waals surface area contributed by atoms with Gasteiger partial charge in [-0.2, -0.15) is 4.98 Å². The Labute approximate surface area is 118 Å². The fourth-order valence-electron chi connectivity index (χ4n) is 1.26. The average molecular weight is 302 g/mol. The third-order valence-corrected chi connectivity index (χ3v) is 2.54. The van der Waals surface area contributed by atoms with E-state index in [-0.39, 0.29) is 27.7 Å². The molecule has 0 aromatic carbocycles. The van der Waals surface area contributed by atoms with E-state index in [1.165, 1.54) is 12.3 Å². The first kappa shape index (κ1) is 13.6. The number of anilines is 1. The van der Waals surface area contributed by atoms with Gasteiger partial charge in [-0.3, -0.25) is 10.1 Å². The van der Waals surface area contributed by atoms with Crippen LogP contribution in [-0.2, 0) is 0 Å². The van der Waals surface area contributed by atoms with Crippen LogP contribution in [0.5, 0.6) is 6.01 Å². The van der Waals surface area contributed by atoms with Gasteiger partial charge in [-0.1, -0.05) is 23.2 Å². The van der Waals surface area contributed by atoms with Crippen LogP contribution < -0.4 is 10.1 Å². The molecule has 0 fully saturated rings. The number of carbonyl (C=O) groups is 1. The molecule has 0 aliphatic carbocycles. The summed E-state index contributed by atoms with van der Waals surface area (Å²) in [6, 6.07) is 1.51. The molecule has 0 aliphatic rings. The number of amides is 1. The van der Waals surface area contributed by atoms with Gasteiger partial charge >= 0.3 is 6.01 Å². The normalized spacial score (nSPS) is 10.3. The van der Waals surface area contributed by atoms with Crippen molar-refractivity contribution in [3.8, 4) is 6.01 Å². The highest BCUT2D eigenvalue weighted by molar-refractivity contribution is 6.35. The molecule has 2 rings (SSSR count). The van der Waals surface area contributed by atoms with E-state index in [0.29, 0.717) is 6.61 Å². The Hall–Kier alpha value is -1.86. The van der Waals surface area contributed by atoms with Crippen LogP contribution in [0.2, 0.25) is 10.2 Å². The molecule has 0 aliphatic heterocycles. The summed E-state index contributed by atoms with van der Waals surface area (Å²) >= 11 is 11.6. The fraction of sp³-hybridized carbons (Fsp3) is 0.200. The minimum absolute atomic E-state index is 0.150. The fourth-order valence-corrected chi connectivity index (χ4v) is 1.61. The highest BCUT2D eigenvalue weighted by Crippen LogP contribution is 2.19. The maximum absolute atomic E-state index is 11.9. The summed E-state index contributed by atoms with van der Waals surface area (Å²) < 4.78 is 5.05. The standard InChI is InChI=1S/C10H9Cl2N5O2/c1-2-19-10-15-9(16-17-10)14-8(18)5-3-7(12)13-4-6(5)11/h3-4H,2H2,1H3,(H2,14,15,16,17,18). The number of carbonyl (C=O) groups excluding carboxylic acids is 1. The van der Waals surface area contributed by atoms with Crippen molar-refractivity contribution in [2.75, 3.05) is 11.9 Å². The lowest BCUT2D eigenvalue weighted by molar-refractivity contribution is 0.102. The lowest BCUT2D eigenvalue weighted by Gasteiger charge is -2.03. The number of aromatic nitrogens is 4. The number of pyridine rings is 1. The van der Waals surface area contributed by atoms with Crippen LogP contribution in [0, 0.1) is 0 Å². The van der Waals surface area contributed by atoms with Crippen LogP contribution in [0.3, 0.4) is 0 Å². The van der Waals surface area contributed by atoms with Gasteiger partial charge in [0.25, 0.3) is 5.91 Å². The van der Waals surface area contributed by atoms with Crippen LogP contribution in [0.1, 0.15) is 17.3 Å². The molecule has 2 heterocycles. The van der Waals surface area contributed by atoms with E-state index in [9.17, 15) is 4.79 Å². The smallest absolute Gasteiger partial charge is 0.337 e. The molecule has 100 valence electrons. The second kappa shape index (κ2) is 5.85. The molecule has 0 unspecified atom stereocenters. The number of hydrogen-bond donors (Lipinski definition) is 2. The van der Waals surface area contributed by atoms with E-state index in [4.69, 9.17) is 27.9 Å². The molecule has 7 nitrogen and oxygen atoms in total. The van der Waals surface area contributed by atoms with E-state index in [2.05, 4.69) is 25.5 Å².